The van der Waals surface area contributed by atoms with E-state index in [2.05, 4.69) is 20.6 Å². The van der Waals surface area contributed by atoms with Crippen molar-refractivity contribution in [3.8, 4) is 11.5 Å². The van der Waals surface area contributed by atoms with Crippen LogP contribution in [-0.2, 0) is 0 Å². The Morgan fingerprint density at radius 1 is 0.923 bits per heavy atom. The van der Waals surface area contributed by atoms with E-state index in [1.165, 1.54) is 0 Å². The number of rotatable bonds is 8. The van der Waals surface area contributed by atoms with Crippen molar-refractivity contribution < 1.29 is 9.47 Å². The van der Waals surface area contributed by atoms with Gasteiger partial charge in [-0.25, -0.2) is 4.98 Å². The highest BCUT2D eigenvalue weighted by Gasteiger charge is 2.11. The van der Waals surface area contributed by atoms with Crippen molar-refractivity contribution in [2.75, 3.05) is 43.7 Å². The fourth-order valence-electron chi connectivity index (χ4n) is 2.64. The van der Waals surface area contributed by atoms with Gasteiger partial charge < -0.3 is 25.8 Å². The summed E-state index contributed by atoms with van der Waals surface area (Å²) in [5, 5.41) is 7.31. The summed E-state index contributed by atoms with van der Waals surface area (Å²) in [4.78, 5) is 8.84. The number of para-hydroxylation sites is 1. The second-order valence-electron chi connectivity index (χ2n) is 5.73. The van der Waals surface area contributed by atoms with Crippen LogP contribution in [0.5, 0.6) is 11.5 Å². The number of nitrogens with one attached hydrogen (secondary N) is 2. The van der Waals surface area contributed by atoms with Crippen LogP contribution < -0.4 is 25.8 Å². The SMILES string of the molecule is COc1cc2nc(NCCCNc3ccccc3)nc(N)c2cc1OC. The molecule has 0 saturated carbocycles. The van der Waals surface area contributed by atoms with Gasteiger partial charge in [0.15, 0.2) is 11.5 Å². The lowest BCUT2D eigenvalue weighted by molar-refractivity contribution is 0.356. The van der Waals surface area contributed by atoms with E-state index < -0.39 is 0 Å². The minimum absolute atomic E-state index is 0.404. The number of aromatic nitrogens is 2. The quantitative estimate of drug-likeness (QED) is 0.536. The maximum Gasteiger partial charge on any atom is 0.225 e. The van der Waals surface area contributed by atoms with Crippen LogP contribution in [0.25, 0.3) is 10.9 Å². The highest BCUT2D eigenvalue weighted by Crippen LogP contribution is 2.33. The van der Waals surface area contributed by atoms with Crippen molar-refractivity contribution in [2.45, 2.75) is 6.42 Å². The summed E-state index contributed by atoms with van der Waals surface area (Å²) in [5.41, 5.74) is 7.90. The maximum atomic E-state index is 6.08. The van der Waals surface area contributed by atoms with Crippen molar-refractivity contribution >= 4 is 28.4 Å². The molecule has 3 rings (SSSR count). The van der Waals surface area contributed by atoms with Crippen LogP contribution in [0.4, 0.5) is 17.5 Å². The van der Waals surface area contributed by atoms with Gasteiger partial charge in [0.1, 0.15) is 5.82 Å². The number of benzene rings is 2. The maximum absolute atomic E-state index is 6.08. The van der Waals surface area contributed by atoms with E-state index in [0.29, 0.717) is 28.8 Å². The summed E-state index contributed by atoms with van der Waals surface area (Å²) < 4.78 is 10.6. The van der Waals surface area contributed by atoms with Crippen LogP contribution in [0.15, 0.2) is 42.5 Å². The Morgan fingerprint density at radius 2 is 1.62 bits per heavy atom. The van der Waals surface area contributed by atoms with Crippen molar-refractivity contribution in [2.24, 2.45) is 0 Å². The normalized spacial score (nSPS) is 10.5. The van der Waals surface area contributed by atoms with Gasteiger partial charge >= 0.3 is 0 Å². The number of hydrogen-bond donors (Lipinski definition) is 3. The van der Waals surface area contributed by atoms with Gasteiger partial charge in [0.25, 0.3) is 0 Å². The second-order valence-corrected chi connectivity index (χ2v) is 5.73. The van der Waals surface area contributed by atoms with Gasteiger partial charge in [-0.3, -0.25) is 0 Å². The summed E-state index contributed by atoms with van der Waals surface area (Å²) >= 11 is 0. The number of anilines is 3. The first-order chi connectivity index (χ1) is 12.7. The Balaban J connectivity index is 1.63. The van der Waals surface area contributed by atoms with Crippen molar-refractivity contribution in [1.29, 1.82) is 0 Å². The molecule has 0 spiro atoms. The third-order valence-electron chi connectivity index (χ3n) is 3.97. The van der Waals surface area contributed by atoms with Gasteiger partial charge in [-0.1, -0.05) is 18.2 Å². The zero-order chi connectivity index (χ0) is 18.4. The Morgan fingerprint density at radius 3 is 2.35 bits per heavy atom. The molecule has 1 heterocycles. The molecule has 0 atom stereocenters. The fourth-order valence-corrected chi connectivity index (χ4v) is 2.64. The highest BCUT2D eigenvalue weighted by atomic mass is 16.5. The van der Waals surface area contributed by atoms with Crippen LogP contribution in [0.3, 0.4) is 0 Å². The minimum Gasteiger partial charge on any atom is -0.493 e. The molecule has 7 heteroatoms. The van der Waals surface area contributed by atoms with Crippen molar-refractivity contribution in [3.05, 3.63) is 42.5 Å². The van der Waals surface area contributed by atoms with Crippen LogP contribution in [0, 0.1) is 0 Å². The Kier molecular flexibility index (Phi) is 5.58. The molecule has 26 heavy (non-hydrogen) atoms. The van der Waals surface area contributed by atoms with E-state index in [1.54, 1.807) is 26.4 Å². The van der Waals surface area contributed by atoms with Gasteiger partial charge in [-0.2, -0.15) is 4.98 Å². The summed E-state index contributed by atoms with van der Waals surface area (Å²) in [6.45, 7) is 1.59. The van der Waals surface area contributed by atoms with E-state index >= 15 is 0 Å². The largest absolute Gasteiger partial charge is 0.493 e. The Labute approximate surface area is 152 Å². The number of nitrogens with zero attached hydrogens (tertiary/aromatic N) is 2. The van der Waals surface area contributed by atoms with Crippen LogP contribution in [-0.4, -0.2) is 37.3 Å². The van der Waals surface area contributed by atoms with Crippen molar-refractivity contribution in [1.82, 2.24) is 9.97 Å². The predicted octanol–water partition coefficient (Wildman–Crippen LogP) is 3.14. The van der Waals surface area contributed by atoms with Gasteiger partial charge in [-0.15, -0.1) is 0 Å². The first kappa shape index (κ1) is 17.6. The third-order valence-corrected chi connectivity index (χ3v) is 3.97. The smallest absolute Gasteiger partial charge is 0.225 e. The molecule has 0 fully saturated rings. The topological polar surface area (TPSA) is 94.3 Å². The molecule has 3 aromatic rings. The summed E-state index contributed by atoms with van der Waals surface area (Å²) in [7, 11) is 3.17. The second kappa shape index (κ2) is 8.24. The van der Waals surface area contributed by atoms with E-state index in [1.807, 2.05) is 30.3 Å². The van der Waals surface area contributed by atoms with E-state index in [4.69, 9.17) is 15.2 Å². The zero-order valence-corrected chi connectivity index (χ0v) is 15.0. The number of methoxy groups -OCH3 is 2. The van der Waals surface area contributed by atoms with Crippen LogP contribution >= 0.6 is 0 Å². The highest BCUT2D eigenvalue weighted by molar-refractivity contribution is 5.91. The van der Waals surface area contributed by atoms with Crippen molar-refractivity contribution in [3.63, 3.8) is 0 Å². The predicted molar refractivity (Wildman–Crippen MR) is 105 cm³/mol. The fraction of sp³-hybridized carbons (Fsp3) is 0.263. The van der Waals surface area contributed by atoms with Gasteiger partial charge in [0, 0.05) is 30.2 Å². The Bertz CT molecular complexity index is 871. The first-order valence-electron chi connectivity index (χ1n) is 8.43. The summed E-state index contributed by atoms with van der Waals surface area (Å²) in [5.74, 6) is 2.11. The number of hydrogen-bond acceptors (Lipinski definition) is 7. The molecular formula is C19H23N5O2. The first-order valence-corrected chi connectivity index (χ1v) is 8.43. The molecule has 0 aliphatic rings. The molecule has 136 valence electrons. The summed E-state index contributed by atoms with van der Waals surface area (Å²) in [6.07, 6.45) is 0.919. The minimum atomic E-state index is 0.404. The number of fused-ring (bicyclic) bond motifs is 1. The Hall–Kier alpha value is -3.22. The lowest BCUT2D eigenvalue weighted by atomic mass is 10.2. The molecule has 2 aromatic carbocycles. The number of nitrogens with two attached hydrogens (primary N) is 1. The average Bonchev–Trinajstić information content (AvgIpc) is 2.67. The molecule has 0 bridgehead atoms. The van der Waals surface area contributed by atoms with Gasteiger partial charge in [-0.05, 0) is 24.6 Å². The van der Waals surface area contributed by atoms with Gasteiger partial charge in [0.05, 0.1) is 19.7 Å². The van der Waals surface area contributed by atoms with Crippen LogP contribution in [0.1, 0.15) is 6.42 Å². The molecular weight excluding hydrogens is 330 g/mol. The molecule has 7 nitrogen and oxygen atoms in total. The molecule has 0 unspecified atom stereocenters. The third kappa shape index (κ3) is 4.05. The number of ether oxygens (including phenoxy) is 2. The molecule has 0 aliphatic heterocycles. The monoisotopic (exact) mass is 353 g/mol. The van der Waals surface area contributed by atoms with Crippen LogP contribution in [0.2, 0.25) is 0 Å². The van der Waals surface area contributed by atoms with E-state index in [9.17, 15) is 0 Å². The molecule has 0 aliphatic carbocycles. The molecule has 1 aromatic heterocycles. The average molecular weight is 353 g/mol. The van der Waals surface area contributed by atoms with Gasteiger partial charge in [0.2, 0.25) is 5.95 Å². The molecule has 0 radical (unpaired) electrons. The van der Waals surface area contributed by atoms with E-state index in [0.717, 1.165) is 30.6 Å². The lowest BCUT2D eigenvalue weighted by Gasteiger charge is -2.12. The molecule has 0 amide bonds. The molecule has 0 saturated heterocycles. The molecule has 4 N–H and O–H groups in total. The zero-order valence-electron chi connectivity index (χ0n) is 15.0. The van der Waals surface area contributed by atoms with E-state index in [-0.39, 0.29) is 0 Å². The lowest BCUT2D eigenvalue weighted by Crippen LogP contribution is -2.11. The summed E-state index contributed by atoms with van der Waals surface area (Å²) in [6, 6.07) is 13.7. The standard InChI is InChI=1S/C19H23N5O2/c1-25-16-11-14-15(12-17(16)26-2)23-19(24-18(14)20)22-10-6-9-21-13-7-4-3-5-8-13/h3-5,7-8,11-12,21H,6,9-10H2,1-2H3,(H3,20,22,23,24). The number of nitrogen functional groups attached to an aromatic ring is 1.